The molecule has 1 aliphatic rings. The number of carbonyl (C=O) groups excluding carboxylic acids is 1. The maximum absolute atomic E-state index is 12.1. The van der Waals surface area contributed by atoms with Crippen molar-refractivity contribution < 1.29 is 4.79 Å². The molecule has 1 saturated heterocycles. The smallest absolute Gasteiger partial charge is 0.237 e. The van der Waals surface area contributed by atoms with Crippen molar-refractivity contribution in [1.29, 1.82) is 0 Å². The molecule has 2 atom stereocenters. The van der Waals surface area contributed by atoms with Gasteiger partial charge in [0.15, 0.2) is 0 Å². The summed E-state index contributed by atoms with van der Waals surface area (Å²) in [6, 6.07) is 0.517. The second-order valence-corrected chi connectivity index (χ2v) is 5.56. The average molecular weight is 269 g/mol. The van der Waals surface area contributed by atoms with Crippen LogP contribution in [0.2, 0.25) is 0 Å². The topological polar surface area (TPSA) is 44.4 Å². The van der Waals surface area contributed by atoms with Crippen molar-refractivity contribution in [2.75, 3.05) is 26.2 Å². The van der Waals surface area contributed by atoms with Crippen LogP contribution in [0.5, 0.6) is 0 Å². The van der Waals surface area contributed by atoms with E-state index in [9.17, 15) is 4.79 Å². The van der Waals surface area contributed by atoms with Gasteiger partial charge in [0.25, 0.3) is 0 Å². The summed E-state index contributed by atoms with van der Waals surface area (Å²) in [6.07, 6.45) is 5.88. The van der Waals surface area contributed by atoms with Gasteiger partial charge in [-0.05, 0) is 45.7 Å². The number of carbonyl (C=O) groups is 1. The summed E-state index contributed by atoms with van der Waals surface area (Å²) in [5.41, 5.74) is 0. The van der Waals surface area contributed by atoms with E-state index in [-0.39, 0.29) is 11.9 Å². The van der Waals surface area contributed by atoms with Crippen LogP contribution < -0.4 is 10.6 Å². The van der Waals surface area contributed by atoms with E-state index in [1.54, 1.807) is 0 Å². The Morgan fingerprint density at radius 3 is 2.68 bits per heavy atom. The number of piperidine rings is 1. The Balaban J connectivity index is 2.47. The van der Waals surface area contributed by atoms with Gasteiger partial charge in [-0.3, -0.25) is 9.69 Å². The maximum Gasteiger partial charge on any atom is 0.237 e. The minimum Gasteiger partial charge on any atom is -0.355 e. The molecule has 1 fully saturated rings. The Kier molecular flexibility index (Phi) is 8.07. The molecule has 112 valence electrons. The van der Waals surface area contributed by atoms with Crippen LogP contribution in [0.1, 0.15) is 52.9 Å². The SMILES string of the molecule is CCCNCC1CCCCN1C(C)C(=O)NCCC. The molecule has 1 amide bonds. The van der Waals surface area contributed by atoms with Gasteiger partial charge in [-0.2, -0.15) is 0 Å². The van der Waals surface area contributed by atoms with E-state index >= 15 is 0 Å². The van der Waals surface area contributed by atoms with Crippen LogP contribution in [0.15, 0.2) is 0 Å². The van der Waals surface area contributed by atoms with Crippen molar-refractivity contribution >= 4 is 5.91 Å². The normalized spacial score (nSPS) is 22.2. The van der Waals surface area contributed by atoms with E-state index in [1.165, 1.54) is 25.7 Å². The van der Waals surface area contributed by atoms with Crippen molar-refractivity contribution in [3.63, 3.8) is 0 Å². The molecule has 4 heteroatoms. The number of hydrogen-bond donors (Lipinski definition) is 2. The zero-order chi connectivity index (χ0) is 14.1. The summed E-state index contributed by atoms with van der Waals surface area (Å²) in [6.45, 7) is 10.2. The fourth-order valence-electron chi connectivity index (χ4n) is 2.74. The lowest BCUT2D eigenvalue weighted by Crippen LogP contribution is -2.54. The van der Waals surface area contributed by atoms with Gasteiger partial charge in [-0.15, -0.1) is 0 Å². The lowest BCUT2D eigenvalue weighted by Gasteiger charge is -2.39. The van der Waals surface area contributed by atoms with E-state index in [0.29, 0.717) is 6.04 Å². The third-order valence-electron chi connectivity index (χ3n) is 3.91. The van der Waals surface area contributed by atoms with Crippen molar-refractivity contribution in [3.05, 3.63) is 0 Å². The van der Waals surface area contributed by atoms with Gasteiger partial charge in [0.1, 0.15) is 0 Å². The second kappa shape index (κ2) is 9.32. The van der Waals surface area contributed by atoms with Gasteiger partial charge in [0, 0.05) is 19.1 Å². The number of nitrogens with zero attached hydrogens (tertiary/aromatic N) is 1. The number of amides is 1. The molecule has 1 heterocycles. The van der Waals surface area contributed by atoms with Gasteiger partial charge in [-0.25, -0.2) is 0 Å². The zero-order valence-electron chi connectivity index (χ0n) is 12.9. The van der Waals surface area contributed by atoms with Gasteiger partial charge in [0.05, 0.1) is 6.04 Å². The van der Waals surface area contributed by atoms with Crippen LogP contribution in [-0.4, -0.2) is 49.1 Å². The zero-order valence-corrected chi connectivity index (χ0v) is 12.9. The molecule has 0 aromatic rings. The Hall–Kier alpha value is -0.610. The van der Waals surface area contributed by atoms with E-state index in [4.69, 9.17) is 0 Å². The van der Waals surface area contributed by atoms with Crippen molar-refractivity contribution in [3.8, 4) is 0 Å². The minimum absolute atomic E-state index is 0.000256. The molecule has 2 N–H and O–H groups in total. The fraction of sp³-hybridized carbons (Fsp3) is 0.933. The summed E-state index contributed by atoms with van der Waals surface area (Å²) in [4.78, 5) is 14.5. The first kappa shape index (κ1) is 16.4. The lowest BCUT2D eigenvalue weighted by atomic mass is 9.99. The first-order valence-electron chi connectivity index (χ1n) is 7.94. The van der Waals surface area contributed by atoms with Crippen LogP contribution in [-0.2, 0) is 4.79 Å². The Labute approximate surface area is 118 Å². The molecule has 0 aromatic carbocycles. The molecule has 0 bridgehead atoms. The Morgan fingerprint density at radius 2 is 2.00 bits per heavy atom. The number of likely N-dealkylation sites (tertiary alicyclic amines) is 1. The standard InChI is InChI=1S/C15H31N3O/c1-4-9-16-12-14-8-6-7-11-18(14)13(3)15(19)17-10-5-2/h13-14,16H,4-12H2,1-3H3,(H,17,19). The van der Waals surface area contributed by atoms with E-state index in [0.717, 1.165) is 32.6 Å². The molecule has 0 saturated carbocycles. The summed E-state index contributed by atoms with van der Waals surface area (Å²) in [5, 5.41) is 6.51. The molecule has 0 aromatic heterocycles. The molecule has 4 nitrogen and oxygen atoms in total. The Bertz CT molecular complexity index is 258. The summed E-state index contributed by atoms with van der Waals surface area (Å²) < 4.78 is 0. The highest BCUT2D eigenvalue weighted by atomic mass is 16.2. The number of nitrogens with one attached hydrogen (secondary N) is 2. The molecule has 1 aliphatic heterocycles. The highest BCUT2D eigenvalue weighted by Crippen LogP contribution is 2.19. The molecule has 0 spiro atoms. The maximum atomic E-state index is 12.1. The van der Waals surface area contributed by atoms with Gasteiger partial charge >= 0.3 is 0 Å². The quantitative estimate of drug-likeness (QED) is 0.660. The van der Waals surface area contributed by atoms with Crippen LogP contribution in [0.25, 0.3) is 0 Å². The third-order valence-corrected chi connectivity index (χ3v) is 3.91. The van der Waals surface area contributed by atoms with Crippen molar-refractivity contribution in [1.82, 2.24) is 15.5 Å². The molecule has 2 unspecified atom stereocenters. The molecular weight excluding hydrogens is 238 g/mol. The molecule has 0 aliphatic carbocycles. The molecule has 1 rings (SSSR count). The fourth-order valence-corrected chi connectivity index (χ4v) is 2.74. The summed E-state index contributed by atoms with van der Waals surface area (Å²) >= 11 is 0. The predicted octanol–water partition coefficient (Wildman–Crippen LogP) is 1.76. The van der Waals surface area contributed by atoms with Gasteiger partial charge in [0.2, 0.25) is 5.91 Å². The first-order chi connectivity index (χ1) is 9.20. The van der Waals surface area contributed by atoms with E-state index in [2.05, 4.69) is 29.4 Å². The third kappa shape index (κ3) is 5.49. The average Bonchev–Trinajstić information content (AvgIpc) is 2.44. The number of hydrogen-bond acceptors (Lipinski definition) is 3. The van der Waals surface area contributed by atoms with Crippen LogP contribution in [0, 0.1) is 0 Å². The van der Waals surface area contributed by atoms with Crippen molar-refractivity contribution in [2.45, 2.75) is 65.0 Å². The Morgan fingerprint density at radius 1 is 1.26 bits per heavy atom. The van der Waals surface area contributed by atoms with Crippen LogP contribution in [0.4, 0.5) is 0 Å². The van der Waals surface area contributed by atoms with Crippen LogP contribution >= 0.6 is 0 Å². The monoisotopic (exact) mass is 269 g/mol. The molecular formula is C15H31N3O. The minimum atomic E-state index is 0.000256. The number of rotatable bonds is 8. The van der Waals surface area contributed by atoms with E-state index < -0.39 is 0 Å². The van der Waals surface area contributed by atoms with Crippen molar-refractivity contribution in [2.24, 2.45) is 0 Å². The summed E-state index contributed by atoms with van der Waals surface area (Å²) in [7, 11) is 0. The highest BCUT2D eigenvalue weighted by molar-refractivity contribution is 5.81. The highest BCUT2D eigenvalue weighted by Gasteiger charge is 2.29. The van der Waals surface area contributed by atoms with Crippen LogP contribution in [0.3, 0.4) is 0 Å². The molecule has 19 heavy (non-hydrogen) atoms. The first-order valence-corrected chi connectivity index (χ1v) is 7.94. The predicted molar refractivity (Wildman–Crippen MR) is 80.3 cm³/mol. The largest absolute Gasteiger partial charge is 0.355 e. The van der Waals surface area contributed by atoms with E-state index in [1.807, 2.05) is 6.92 Å². The molecule has 0 radical (unpaired) electrons. The summed E-state index contributed by atoms with van der Waals surface area (Å²) in [5.74, 6) is 0.184. The van der Waals surface area contributed by atoms with Gasteiger partial charge < -0.3 is 10.6 Å². The lowest BCUT2D eigenvalue weighted by molar-refractivity contribution is -0.127. The van der Waals surface area contributed by atoms with Gasteiger partial charge in [-0.1, -0.05) is 20.3 Å². The second-order valence-electron chi connectivity index (χ2n) is 5.56.